The molecule has 27 heavy (non-hydrogen) atoms. The van der Waals surface area contributed by atoms with E-state index in [1.165, 1.54) is 0 Å². The molecule has 2 aromatic rings. The van der Waals surface area contributed by atoms with Crippen molar-refractivity contribution < 1.29 is 24.2 Å². The van der Waals surface area contributed by atoms with Gasteiger partial charge in [-0.05, 0) is 35.2 Å². The van der Waals surface area contributed by atoms with E-state index in [1.54, 1.807) is 0 Å². The van der Waals surface area contributed by atoms with E-state index < -0.39 is 12.0 Å². The second-order valence-corrected chi connectivity index (χ2v) is 6.76. The number of carboxylic acids is 1. The minimum Gasteiger partial charge on any atom is -0.481 e. The molecule has 1 atom stereocenters. The molecule has 1 saturated heterocycles. The SMILES string of the molecule is O=C(O)C[C@H](NC(=O)CCOC1CCOCC1)c1ccc2ccccc2c1. The molecular formula is C21H25NO5. The van der Waals surface area contributed by atoms with Gasteiger partial charge in [-0.25, -0.2) is 0 Å². The van der Waals surface area contributed by atoms with Crippen LogP contribution in [0.1, 0.15) is 37.3 Å². The highest BCUT2D eigenvalue weighted by molar-refractivity contribution is 5.84. The van der Waals surface area contributed by atoms with Crippen LogP contribution in [0.3, 0.4) is 0 Å². The Morgan fingerprint density at radius 2 is 1.89 bits per heavy atom. The van der Waals surface area contributed by atoms with Gasteiger partial charge in [0.25, 0.3) is 0 Å². The molecule has 0 saturated carbocycles. The molecule has 1 heterocycles. The second kappa shape index (κ2) is 9.48. The molecule has 0 bridgehead atoms. The smallest absolute Gasteiger partial charge is 0.305 e. The zero-order chi connectivity index (χ0) is 19.1. The number of carbonyl (C=O) groups excluding carboxylic acids is 1. The number of carboxylic acid groups (broad SMARTS) is 1. The van der Waals surface area contributed by atoms with Crippen molar-refractivity contribution >= 4 is 22.6 Å². The van der Waals surface area contributed by atoms with Crippen molar-refractivity contribution in [1.82, 2.24) is 5.32 Å². The van der Waals surface area contributed by atoms with Crippen molar-refractivity contribution in [3.8, 4) is 0 Å². The fourth-order valence-corrected chi connectivity index (χ4v) is 3.28. The summed E-state index contributed by atoms with van der Waals surface area (Å²) in [6.07, 6.45) is 1.88. The zero-order valence-electron chi connectivity index (χ0n) is 15.2. The van der Waals surface area contributed by atoms with Gasteiger partial charge in [-0.2, -0.15) is 0 Å². The van der Waals surface area contributed by atoms with Crippen molar-refractivity contribution in [3.05, 3.63) is 48.0 Å². The van der Waals surface area contributed by atoms with Crippen molar-refractivity contribution in [2.24, 2.45) is 0 Å². The molecule has 0 unspecified atom stereocenters. The fraction of sp³-hybridized carbons (Fsp3) is 0.429. The number of aliphatic carboxylic acids is 1. The standard InChI is InChI=1S/C21H25NO5/c23-20(9-12-27-18-7-10-26-11-8-18)22-19(14-21(24)25)17-6-5-15-3-1-2-4-16(15)13-17/h1-6,13,18-19H,7-12,14H2,(H,22,23)(H,24,25)/t19-/m0/s1. The predicted molar refractivity (Wildman–Crippen MR) is 101 cm³/mol. The van der Waals surface area contributed by atoms with Crippen LogP contribution >= 0.6 is 0 Å². The first-order valence-corrected chi connectivity index (χ1v) is 9.31. The van der Waals surface area contributed by atoms with Crippen LogP contribution in [0.25, 0.3) is 10.8 Å². The van der Waals surface area contributed by atoms with Gasteiger partial charge in [0.05, 0.1) is 25.2 Å². The molecule has 144 valence electrons. The Hall–Kier alpha value is -2.44. The van der Waals surface area contributed by atoms with Crippen LogP contribution in [-0.4, -0.2) is 42.9 Å². The molecule has 0 radical (unpaired) electrons. The normalized spacial score (nSPS) is 16.1. The summed E-state index contributed by atoms with van der Waals surface area (Å²) in [7, 11) is 0. The molecule has 0 aromatic heterocycles. The van der Waals surface area contributed by atoms with Crippen LogP contribution in [0.15, 0.2) is 42.5 Å². The summed E-state index contributed by atoms with van der Waals surface area (Å²) in [6.45, 7) is 1.72. The van der Waals surface area contributed by atoms with Gasteiger partial charge >= 0.3 is 5.97 Å². The lowest BCUT2D eigenvalue weighted by atomic mass is 9.99. The summed E-state index contributed by atoms with van der Waals surface area (Å²) < 4.78 is 11.0. The number of nitrogens with one attached hydrogen (secondary N) is 1. The van der Waals surface area contributed by atoms with E-state index in [2.05, 4.69) is 5.32 Å². The quantitative estimate of drug-likeness (QED) is 0.745. The van der Waals surface area contributed by atoms with E-state index in [1.807, 2.05) is 42.5 Å². The van der Waals surface area contributed by atoms with Gasteiger partial charge in [0, 0.05) is 19.6 Å². The van der Waals surface area contributed by atoms with Crippen molar-refractivity contribution in [3.63, 3.8) is 0 Å². The van der Waals surface area contributed by atoms with Crippen LogP contribution in [0.5, 0.6) is 0 Å². The van der Waals surface area contributed by atoms with Crippen LogP contribution in [0, 0.1) is 0 Å². The maximum absolute atomic E-state index is 12.3. The molecule has 6 heteroatoms. The fourth-order valence-electron chi connectivity index (χ4n) is 3.28. The molecule has 1 aliphatic rings. The first-order chi connectivity index (χ1) is 13.1. The van der Waals surface area contributed by atoms with Gasteiger partial charge < -0.3 is 19.9 Å². The molecule has 0 spiro atoms. The maximum Gasteiger partial charge on any atom is 0.305 e. The minimum atomic E-state index is -0.952. The van der Waals surface area contributed by atoms with Gasteiger partial charge in [-0.15, -0.1) is 0 Å². The van der Waals surface area contributed by atoms with Crippen LogP contribution < -0.4 is 5.32 Å². The maximum atomic E-state index is 12.3. The van der Waals surface area contributed by atoms with Crippen LogP contribution in [0.4, 0.5) is 0 Å². The monoisotopic (exact) mass is 371 g/mol. The van der Waals surface area contributed by atoms with E-state index >= 15 is 0 Å². The number of rotatable bonds is 8. The largest absolute Gasteiger partial charge is 0.481 e. The van der Waals surface area contributed by atoms with Gasteiger partial charge in [0.2, 0.25) is 5.91 Å². The summed E-state index contributed by atoms with van der Waals surface area (Å²) in [6, 6.07) is 13.0. The molecule has 2 aromatic carbocycles. The average Bonchev–Trinajstić information content (AvgIpc) is 2.67. The number of hydrogen-bond donors (Lipinski definition) is 2. The lowest BCUT2D eigenvalue weighted by molar-refractivity contribution is -0.137. The van der Waals surface area contributed by atoms with E-state index in [-0.39, 0.29) is 24.9 Å². The summed E-state index contributed by atoms with van der Waals surface area (Å²) in [4.78, 5) is 23.6. The Morgan fingerprint density at radius 3 is 2.63 bits per heavy atom. The highest BCUT2D eigenvalue weighted by atomic mass is 16.5. The third-order valence-electron chi connectivity index (χ3n) is 4.74. The summed E-state index contributed by atoms with van der Waals surface area (Å²) >= 11 is 0. The van der Waals surface area contributed by atoms with Gasteiger partial charge in [-0.1, -0.05) is 36.4 Å². The molecule has 1 amide bonds. The van der Waals surface area contributed by atoms with Crippen LogP contribution in [0.2, 0.25) is 0 Å². The number of carbonyl (C=O) groups is 2. The van der Waals surface area contributed by atoms with E-state index in [9.17, 15) is 14.7 Å². The first-order valence-electron chi connectivity index (χ1n) is 9.31. The predicted octanol–water partition coefficient (Wildman–Crippen LogP) is 3.06. The van der Waals surface area contributed by atoms with Crippen molar-refractivity contribution in [1.29, 1.82) is 0 Å². The van der Waals surface area contributed by atoms with Crippen molar-refractivity contribution in [2.45, 2.75) is 37.8 Å². The molecule has 3 rings (SSSR count). The van der Waals surface area contributed by atoms with E-state index in [4.69, 9.17) is 9.47 Å². The van der Waals surface area contributed by atoms with E-state index in [0.29, 0.717) is 19.8 Å². The highest BCUT2D eigenvalue weighted by Gasteiger charge is 2.19. The lowest BCUT2D eigenvalue weighted by Crippen LogP contribution is -2.31. The number of benzene rings is 2. The highest BCUT2D eigenvalue weighted by Crippen LogP contribution is 2.23. The van der Waals surface area contributed by atoms with Crippen molar-refractivity contribution in [2.75, 3.05) is 19.8 Å². The molecule has 2 N–H and O–H groups in total. The number of ether oxygens (including phenoxy) is 2. The lowest BCUT2D eigenvalue weighted by Gasteiger charge is -2.22. The Bertz CT molecular complexity index is 785. The Balaban J connectivity index is 1.59. The topological polar surface area (TPSA) is 84.9 Å². The Morgan fingerprint density at radius 1 is 1.15 bits per heavy atom. The third-order valence-corrected chi connectivity index (χ3v) is 4.74. The first kappa shape index (κ1) is 19.3. The number of hydrogen-bond acceptors (Lipinski definition) is 4. The molecule has 1 aliphatic heterocycles. The summed E-state index contributed by atoms with van der Waals surface area (Å²) in [5.41, 5.74) is 0.787. The summed E-state index contributed by atoms with van der Waals surface area (Å²) in [5, 5.41) is 14.2. The second-order valence-electron chi connectivity index (χ2n) is 6.76. The van der Waals surface area contributed by atoms with Gasteiger partial charge in [-0.3, -0.25) is 9.59 Å². The third kappa shape index (κ3) is 5.77. The Kier molecular flexibility index (Phi) is 6.79. The van der Waals surface area contributed by atoms with E-state index in [0.717, 1.165) is 29.2 Å². The minimum absolute atomic E-state index is 0.141. The average molecular weight is 371 g/mol. The Labute approximate surface area is 158 Å². The molecule has 0 aliphatic carbocycles. The number of amides is 1. The molecule has 6 nitrogen and oxygen atoms in total. The molecule has 1 fully saturated rings. The van der Waals surface area contributed by atoms with Crippen LogP contribution in [-0.2, 0) is 19.1 Å². The number of fused-ring (bicyclic) bond motifs is 1. The van der Waals surface area contributed by atoms with Gasteiger partial charge in [0.1, 0.15) is 0 Å². The molecular weight excluding hydrogens is 346 g/mol. The summed E-state index contributed by atoms with van der Waals surface area (Å²) in [5.74, 6) is -1.16. The van der Waals surface area contributed by atoms with Gasteiger partial charge in [0.15, 0.2) is 0 Å². The zero-order valence-corrected chi connectivity index (χ0v) is 15.2.